The van der Waals surface area contributed by atoms with E-state index in [1.807, 2.05) is 6.92 Å². The fourth-order valence-electron chi connectivity index (χ4n) is 2.19. The first-order valence-electron chi connectivity index (χ1n) is 7.68. The van der Waals surface area contributed by atoms with E-state index >= 15 is 0 Å². The molecule has 0 spiro atoms. The van der Waals surface area contributed by atoms with Crippen molar-refractivity contribution >= 4 is 11.8 Å². The molecule has 1 fully saturated rings. The van der Waals surface area contributed by atoms with Crippen LogP contribution in [0, 0.1) is 0 Å². The molecule has 1 saturated carbocycles. The van der Waals surface area contributed by atoms with Crippen molar-refractivity contribution in [2.45, 2.75) is 32.2 Å². The normalized spacial score (nSPS) is 14.3. The zero-order valence-corrected chi connectivity index (χ0v) is 13.0. The minimum absolute atomic E-state index is 0.277. The van der Waals surface area contributed by atoms with Crippen LogP contribution in [-0.4, -0.2) is 28.9 Å². The van der Waals surface area contributed by atoms with Gasteiger partial charge in [-0.2, -0.15) is 4.98 Å². The molecular formula is C16H17F3N4O. The molecule has 0 radical (unpaired) electrons. The van der Waals surface area contributed by atoms with Crippen molar-refractivity contribution in [3.63, 3.8) is 0 Å². The van der Waals surface area contributed by atoms with E-state index in [0.29, 0.717) is 35.6 Å². The van der Waals surface area contributed by atoms with Gasteiger partial charge in [-0.25, -0.2) is 4.98 Å². The van der Waals surface area contributed by atoms with Gasteiger partial charge in [0.1, 0.15) is 11.6 Å². The zero-order chi connectivity index (χ0) is 17.2. The van der Waals surface area contributed by atoms with Gasteiger partial charge in [-0.05, 0) is 31.9 Å². The first-order chi connectivity index (χ1) is 11.4. The smallest absolute Gasteiger partial charge is 0.406 e. The van der Waals surface area contributed by atoms with Gasteiger partial charge < -0.3 is 15.4 Å². The second kappa shape index (κ2) is 6.54. The molecule has 1 aliphatic carbocycles. The van der Waals surface area contributed by atoms with Gasteiger partial charge >= 0.3 is 6.36 Å². The molecule has 1 heterocycles. The van der Waals surface area contributed by atoms with Crippen molar-refractivity contribution in [1.29, 1.82) is 0 Å². The summed E-state index contributed by atoms with van der Waals surface area (Å²) in [6, 6.07) is 7.82. The number of ether oxygens (including phenoxy) is 1. The maximum atomic E-state index is 12.4. The predicted octanol–water partition coefficient (Wildman–Crippen LogP) is 4.05. The number of aromatic nitrogens is 2. The Hall–Kier alpha value is -2.51. The summed E-state index contributed by atoms with van der Waals surface area (Å²) in [4.78, 5) is 8.77. The summed E-state index contributed by atoms with van der Waals surface area (Å²) in [7, 11) is 0. The van der Waals surface area contributed by atoms with Crippen molar-refractivity contribution < 1.29 is 17.9 Å². The van der Waals surface area contributed by atoms with E-state index in [4.69, 9.17) is 0 Å². The van der Waals surface area contributed by atoms with E-state index in [0.717, 1.165) is 12.8 Å². The second-order valence-corrected chi connectivity index (χ2v) is 5.49. The van der Waals surface area contributed by atoms with Gasteiger partial charge in [-0.3, -0.25) is 0 Å². The minimum Gasteiger partial charge on any atom is -0.406 e. The lowest BCUT2D eigenvalue weighted by molar-refractivity contribution is -0.274. The quantitative estimate of drug-likeness (QED) is 0.832. The number of hydrogen-bond donors (Lipinski definition) is 2. The molecule has 1 aromatic carbocycles. The van der Waals surface area contributed by atoms with E-state index in [9.17, 15) is 13.2 Å². The number of halogens is 3. The average Bonchev–Trinajstić information content (AvgIpc) is 3.30. The molecule has 0 unspecified atom stereocenters. The number of anilines is 2. The van der Waals surface area contributed by atoms with Crippen LogP contribution in [-0.2, 0) is 0 Å². The van der Waals surface area contributed by atoms with Gasteiger partial charge in [-0.15, -0.1) is 13.2 Å². The molecule has 0 atom stereocenters. The van der Waals surface area contributed by atoms with Gasteiger partial charge in [0.2, 0.25) is 5.95 Å². The van der Waals surface area contributed by atoms with Crippen LogP contribution in [0.15, 0.2) is 30.3 Å². The predicted molar refractivity (Wildman–Crippen MR) is 85.0 cm³/mol. The van der Waals surface area contributed by atoms with E-state index in [-0.39, 0.29) is 5.75 Å². The van der Waals surface area contributed by atoms with E-state index in [1.165, 1.54) is 18.2 Å². The number of rotatable bonds is 6. The third kappa shape index (κ3) is 4.50. The Morgan fingerprint density at radius 3 is 2.67 bits per heavy atom. The zero-order valence-electron chi connectivity index (χ0n) is 13.0. The van der Waals surface area contributed by atoms with Gasteiger partial charge in [0.15, 0.2) is 0 Å². The fraction of sp³-hybridized carbons (Fsp3) is 0.375. The maximum Gasteiger partial charge on any atom is 0.573 e. The molecule has 2 N–H and O–H groups in total. The van der Waals surface area contributed by atoms with Crippen LogP contribution in [0.25, 0.3) is 11.3 Å². The number of nitrogens with one attached hydrogen (secondary N) is 2. The summed E-state index contributed by atoms with van der Waals surface area (Å²) in [6.07, 6.45) is -2.59. The van der Waals surface area contributed by atoms with Crippen LogP contribution < -0.4 is 15.4 Å². The third-order valence-electron chi connectivity index (χ3n) is 3.36. The lowest BCUT2D eigenvalue weighted by atomic mass is 10.1. The molecule has 0 saturated heterocycles. The molecule has 8 heteroatoms. The summed E-state index contributed by atoms with van der Waals surface area (Å²) >= 11 is 0. The standard InChI is InChI=1S/C16H17F3N4O/c1-2-20-14-9-13(22-15(23-14)21-11-6-7-11)10-4-3-5-12(8-10)24-16(17,18)19/h3-5,8-9,11H,2,6-7H2,1H3,(H2,20,21,22,23). The van der Waals surface area contributed by atoms with Gasteiger partial charge in [-0.1, -0.05) is 12.1 Å². The number of alkyl halides is 3. The Morgan fingerprint density at radius 1 is 1.21 bits per heavy atom. The largest absolute Gasteiger partial charge is 0.573 e. The monoisotopic (exact) mass is 338 g/mol. The lowest BCUT2D eigenvalue weighted by Gasteiger charge is -2.12. The summed E-state index contributed by atoms with van der Waals surface area (Å²) in [5.74, 6) is 0.807. The molecule has 5 nitrogen and oxygen atoms in total. The van der Waals surface area contributed by atoms with Crippen molar-refractivity contribution in [3.05, 3.63) is 30.3 Å². The van der Waals surface area contributed by atoms with Crippen LogP contribution in [0.1, 0.15) is 19.8 Å². The van der Waals surface area contributed by atoms with E-state index in [2.05, 4.69) is 25.3 Å². The fourth-order valence-corrected chi connectivity index (χ4v) is 2.19. The molecule has 3 rings (SSSR count). The Kier molecular flexibility index (Phi) is 4.46. The van der Waals surface area contributed by atoms with Crippen molar-refractivity contribution in [1.82, 2.24) is 9.97 Å². The highest BCUT2D eigenvalue weighted by atomic mass is 19.4. The molecule has 2 aromatic rings. The molecule has 0 bridgehead atoms. The SMILES string of the molecule is CCNc1cc(-c2cccc(OC(F)(F)F)c2)nc(NC2CC2)n1. The molecule has 128 valence electrons. The molecule has 0 aliphatic heterocycles. The van der Waals surface area contributed by atoms with E-state index < -0.39 is 6.36 Å². The Labute approximate surface area is 137 Å². The third-order valence-corrected chi connectivity index (χ3v) is 3.36. The summed E-state index contributed by atoms with van der Waals surface area (Å²) < 4.78 is 41.1. The number of nitrogens with zero attached hydrogens (tertiary/aromatic N) is 2. The topological polar surface area (TPSA) is 59.1 Å². The van der Waals surface area contributed by atoms with Crippen LogP contribution >= 0.6 is 0 Å². The average molecular weight is 338 g/mol. The van der Waals surface area contributed by atoms with Crippen LogP contribution in [0.4, 0.5) is 24.9 Å². The van der Waals surface area contributed by atoms with Gasteiger partial charge in [0.05, 0.1) is 5.69 Å². The van der Waals surface area contributed by atoms with Crippen LogP contribution in [0.5, 0.6) is 5.75 Å². The Balaban J connectivity index is 1.91. The van der Waals surface area contributed by atoms with Crippen molar-refractivity contribution in [2.24, 2.45) is 0 Å². The lowest BCUT2D eigenvalue weighted by Crippen LogP contribution is -2.17. The van der Waals surface area contributed by atoms with Crippen LogP contribution in [0.2, 0.25) is 0 Å². The molecule has 1 aliphatic rings. The number of hydrogen-bond acceptors (Lipinski definition) is 5. The molecule has 24 heavy (non-hydrogen) atoms. The Morgan fingerprint density at radius 2 is 2.00 bits per heavy atom. The highest BCUT2D eigenvalue weighted by Gasteiger charge is 2.31. The van der Waals surface area contributed by atoms with Gasteiger partial charge in [0.25, 0.3) is 0 Å². The summed E-state index contributed by atoms with van der Waals surface area (Å²) in [5, 5.41) is 6.31. The van der Waals surface area contributed by atoms with Crippen LogP contribution in [0.3, 0.4) is 0 Å². The summed E-state index contributed by atoms with van der Waals surface area (Å²) in [6.45, 7) is 2.62. The highest BCUT2D eigenvalue weighted by molar-refractivity contribution is 5.66. The Bertz CT molecular complexity index is 717. The minimum atomic E-state index is -4.72. The van der Waals surface area contributed by atoms with Gasteiger partial charge in [0, 0.05) is 24.2 Å². The van der Waals surface area contributed by atoms with Crippen molar-refractivity contribution in [2.75, 3.05) is 17.2 Å². The molecular weight excluding hydrogens is 321 g/mol. The highest BCUT2D eigenvalue weighted by Crippen LogP contribution is 2.29. The molecule has 0 amide bonds. The number of benzene rings is 1. The second-order valence-electron chi connectivity index (χ2n) is 5.49. The van der Waals surface area contributed by atoms with E-state index in [1.54, 1.807) is 12.1 Å². The summed E-state index contributed by atoms with van der Waals surface area (Å²) in [5.41, 5.74) is 1.05. The van der Waals surface area contributed by atoms with Crippen molar-refractivity contribution in [3.8, 4) is 17.0 Å². The first-order valence-corrected chi connectivity index (χ1v) is 7.68. The maximum absolute atomic E-state index is 12.4. The molecule has 1 aromatic heterocycles. The first kappa shape index (κ1) is 16.4.